The Balaban J connectivity index is 1.45. The largest absolute Gasteiger partial charge is 0.395 e. The SMILES string of the molecule is Cc1ccc(CNC(=O)CN2CCCC2CN2CCCC2CO)cc1. The van der Waals surface area contributed by atoms with Gasteiger partial charge in [0.1, 0.15) is 0 Å². The van der Waals surface area contributed by atoms with E-state index in [9.17, 15) is 9.90 Å². The molecule has 0 radical (unpaired) electrons. The number of aryl methyl sites for hydroxylation is 1. The number of carbonyl (C=O) groups is 1. The molecule has 5 heteroatoms. The molecule has 3 rings (SSSR count). The van der Waals surface area contributed by atoms with Crippen molar-refractivity contribution in [3.8, 4) is 0 Å². The summed E-state index contributed by atoms with van der Waals surface area (Å²) in [5, 5.41) is 12.5. The second kappa shape index (κ2) is 8.79. The van der Waals surface area contributed by atoms with Crippen LogP contribution < -0.4 is 5.32 Å². The van der Waals surface area contributed by atoms with Crippen molar-refractivity contribution in [2.24, 2.45) is 0 Å². The Morgan fingerprint density at radius 2 is 1.80 bits per heavy atom. The smallest absolute Gasteiger partial charge is 0.234 e. The van der Waals surface area contributed by atoms with Crippen molar-refractivity contribution in [2.75, 3.05) is 32.8 Å². The first-order valence-corrected chi connectivity index (χ1v) is 9.57. The number of aliphatic hydroxyl groups is 1. The third-order valence-electron chi connectivity index (χ3n) is 5.61. The van der Waals surface area contributed by atoms with E-state index >= 15 is 0 Å². The highest BCUT2D eigenvalue weighted by atomic mass is 16.3. The van der Waals surface area contributed by atoms with Crippen LogP contribution in [0, 0.1) is 6.92 Å². The first-order valence-electron chi connectivity index (χ1n) is 9.57. The van der Waals surface area contributed by atoms with Crippen LogP contribution in [-0.2, 0) is 11.3 Å². The molecule has 2 unspecified atom stereocenters. The fourth-order valence-electron chi connectivity index (χ4n) is 4.07. The Morgan fingerprint density at radius 1 is 1.12 bits per heavy atom. The lowest BCUT2D eigenvalue weighted by Gasteiger charge is -2.31. The molecule has 2 aliphatic rings. The molecule has 138 valence electrons. The van der Waals surface area contributed by atoms with Gasteiger partial charge in [0.2, 0.25) is 5.91 Å². The molecule has 1 amide bonds. The molecule has 2 fully saturated rings. The second-order valence-corrected chi connectivity index (χ2v) is 7.50. The van der Waals surface area contributed by atoms with E-state index in [1.165, 1.54) is 12.0 Å². The highest BCUT2D eigenvalue weighted by Crippen LogP contribution is 2.23. The van der Waals surface area contributed by atoms with Crippen LogP contribution in [0.2, 0.25) is 0 Å². The minimum Gasteiger partial charge on any atom is -0.395 e. The van der Waals surface area contributed by atoms with Gasteiger partial charge in [0.15, 0.2) is 0 Å². The predicted octanol–water partition coefficient (Wildman–Crippen LogP) is 1.53. The molecule has 5 nitrogen and oxygen atoms in total. The number of aliphatic hydroxyl groups excluding tert-OH is 1. The van der Waals surface area contributed by atoms with Gasteiger partial charge in [-0.25, -0.2) is 0 Å². The molecular formula is C20H31N3O2. The van der Waals surface area contributed by atoms with E-state index in [-0.39, 0.29) is 12.5 Å². The highest BCUT2D eigenvalue weighted by molar-refractivity contribution is 5.78. The molecule has 1 aromatic rings. The van der Waals surface area contributed by atoms with E-state index in [0.29, 0.717) is 25.2 Å². The first-order chi connectivity index (χ1) is 12.2. The molecule has 2 N–H and O–H groups in total. The topological polar surface area (TPSA) is 55.8 Å². The Labute approximate surface area is 151 Å². The van der Waals surface area contributed by atoms with Crippen LogP contribution in [0.15, 0.2) is 24.3 Å². The van der Waals surface area contributed by atoms with Crippen LogP contribution in [-0.4, -0.2) is 65.7 Å². The monoisotopic (exact) mass is 345 g/mol. The normalized spacial score (nSPS) is 24.7. The maximum Gasteiger partial charge on any atom is 0.234 e. The van der Waals surface area contributed by atoms with Crippen molar-refractivity contribution >= 4 is 5.91 Å². The standard InChI is InChI=1S/C20H31N3O2/c1-16-6-8-17(9-7-16)12-21-20(25)14-23-11-2-4-18(23)13-22-10-3-5-19(22)15-24/h6-9,18-19,24H,2-5,10-15H2,1H3,(H,21,25). The maximum absolute atomic E-state index is 12.3. The van der Waals surface area contributed by atoms with Crippen LogP contribution >= 0.6 is 0 Å². The first kappa shape index (κ1) is 18.4. The van der Waals surface area contributed by atoms with Gasteiger partial charge in [-0.05, 0) is 51.3 Å². The number of nitrogens with one attached hydrogen (secondary N) is 1. The average molecular weight is 345 g/mol. The zero-order valence-corrected chi connectivity index (χ0v) is 15.3. The molecule has 0 saturated carbocycles. The van der Waals surface area contributed by atoms with Gasteiger partial charge < -0.3 is 10.4 Å². The summed E-state index contributed by atoms with van der Waals surface area (Å²) in [7, 11) is 0. The third kappa shape index (κ3) is 5.03. The van der Waals surface area contributed by atoms with E-state index in [1.54, 1.807) is 0 Å². The fraction of sp³-hybridized carbons (Fsp3) is 0.650. The van der Waals surface area contributed by atoms with Crippen molar-refractivity contribution in [3.05, 3.63) is 35.4 Å². The van der Waals surface area contributed by atoms with E-state index in [2.05, 4.69) is 46.3 Å². The van der Waals surface area contributed by atoms with Gasteiger partial charge in [0.25, 0.3) is 0 Å². The number of hydrogen-bond acceptors (Lipinski definition) is 4. The van der Waals surface area contributed by atoms with Gasteiger partial charge in [0.05, 0.1) is 13.2 Å². The molecule has 2 heterocycles. The van der Waals surface area contributed by atoms with Crippen molar-refractivity contribution in [3.63, 3.8) is 0 Å². The lowest BCUT2D eigenvalue weighted by atomic mass is 10.1. The summed E-state index contributed by atoms with van der Waals surface area (Å²) in [5.74, 6) is 0.104. The quantitative estimate of drug-likeness (QED) is 0.787. The molecule has 25 heavy (non-hydrogen) atoms. The lowest BCUT2D eigenvalue weighted by Crippen LogP contribution is -2.46. The zero-order chi connectivity index (χ0) is 17.6. The minimum absolute atomic E-state index is 0.104. The van der Waals surface area contributed by atoms with Crippen molar-refractivity contribution in [2.45, 2.75) is 51.2 Å². The fourth-order valence-corrected chi connectivity index (χ4v) is 4.07. The number of hydrogen-bond donors (Lipinski definition) is 2. The third-order valence-corrected chi connectivity index (χ3v) is 5.61. The number of amides is 1. The number of carbonyl (C=O) groups excluding carboxylic acids is 1. The second-order valence-electron chi connectivity index (χ2n) is 7.50. The number of nitrogens with zero attached hydrogens (tertiary/aromatic N) is 2. The molecule has 2 saturated heterocycles. The maximum atomic E-state index is 12.3. The number of benzene rings is 1. The molecule has 0 spiro atoms. The summed E-state index contributed by atoms with van der Waals surface area (Å²) in [6, 6.07) is 9.04. The van der Waals surface area contributed by atoms with Crippen molar-refractivity contribution in [1.29, 1.82) is 0 Å². The van der Waals surface area contributed by atoms with Gasteiger partial charge >= 0.3 is 0 Å². The molecule has 1 aromatic carbocycles. The Hall–Kier alpha value is -1.43. The Bertz CT molecular complexity index is 561. The van der Waals surface area contributed by atoms with Crippen LogP contribution in [0.25, 0.3) is 0 Å². The van der Waals surface area contributed by atoms with Crippen LogP contribution in [0.1, 0.15) is 36.8 Å². The van der Waals surface area contributed by atoms with E-state index < -0.39 is 0 Å². The van der Waals surface area contributed by atoms with Gasteiger partial charge in [-0.3, -0.25) is 14.6 Å². The lowest BCUT2D eigenvalue weighted by molar-refractivity contribution is -0.122. The van der Waals surface area contributed by atoms with E-state index in [4.69, 9.17) is 0 Å². The summed E-state index contributed by atoms with van der Waals surface area (Å²) in [6.45, 7) is 6.46. The van der Waals surface area contributed by atoms with Crippen LogP contribution in [0.4, 0.5) is 0 Å². The minimum atomic E-state index is 0.104. The van der Waals surface area contributed by atoms with Crippen LogP contribution in [0.5, 0.6) is 0 Å². The molecule has 0 aliphatic carbocycles. The molecule has 0 bridgehead atoms. The summed E-state index contributed by atoms with van der Waals surface area (Å²) in [4.78, 5) is 17.1. The number of likely N-dealkylation sites (tertiary alicyclic amines) is 2. The molecular weight excluding hydrogens is 314 g/mol. The summed E-state index contributed by atoms with van der Waals surface area (Å²) >= 11 is 0. The average Bonchev–Trinajstić information content (AvgIpc) is 3.24. The summed E-state index contributed by atoms with van der Waals surface area (Å²) in [6.07, 6.45) is 4.59. The van der Waals surface area contributed by atoms with E-state index in [0.717, 1.165) is 44.5 Å². The highest BCUT2D eigenvalue weighted by Gasteiger charge is 2.31. The summed E-state index contributed by atoms with van der Waals surface area (Å²) in [5.41, 5.74) is 2.37. The zero-order valence-electron chi connectivity index (χ0n) is 15.3. The van der Waals surface area contributed by atoms with Gasteiger partial charge in [0, 0.05) is 25.2 Å². The number of rotatable bonds is 7. The molecule has 2 atom stereocenters. The Morgan fingerprint density at radius 3 is 2.52 bits per heavy atom. The molecule has 0 aromatic heterocycles. The van der Waals surface area contributed by atoms with Gasteiger partial charge in [-0.1, -0.05) is 29.8 Å². The Kier molecular flexibility index (Phi) is 6.45. The van der Waals surface area contributed by atoms with E-state index in [1.807, 2.05) is 0 Å². The van der Waals surface area contributed by atoms with Gasteiger partial charge in [-0.2, -0.15) is 0 Å². The molecule has 2 aliphatic heterocycles. The van der Waals surface area contributed by atoms with Crippen LogP contribution in [0.3, 0.4) is 0 Å². The van der Waals surface area contributed by atoms with Crippen molar-refractivity contribution in [1.82, 2.24) is 15.1 Å². The van der Waals surface area contributed by atoms with Gasteiger partial charge in [-0.15, -0.1) is 0 Å². The predicted molar refractivity (Wildman–Crippen MR) is 99.3 cm³/mol. The summed E-state index contributed by atoms with van der Waals surface area (Å²) < 4.78 is 0. The van der Waals surface area contributed by atoms with Crippen molar-refractivity contribution < 1.29 is 9.90 Å².